The monoisotopic (exact) mass is 396 g/mol. The standard InChI is InChI=1S/C21H24N4O4/c1-15(26)16-4-7-18(8-5-16)24-10-12-25(13-11-24)19(27)9-6-17-14-22(2)21(29)23(3)20(17)28/h4-9,14H,10-13H2,1-3H3/b9-6+. The van der Waals surface area contributed by atoms with Crippen LogP contribution in [0.3, 0.4) is 0 Å². The molecule has 1 aliphatic rings. The quantitative estimate of drug-likeness (QED) is 0.560. The van der Waals surface area contributed by atoms with Crippen molar-refractivity contribution in [2.75, 3.05) is 31.1 Å². The Morgan fingerprint density at radius 2 is 1.59 bits per heavy atom. The maximum atomic E-state index is 12.5. The SMILES string of the molecule is CC(=O)c1ccc(N2CCN(C(=O)/C=C/c3cn(C)c(=O)n(C)c3=O)CC2)cc1. The molecule has 0 unspecified atom stereocenters. The second-order valence-electron chi connectivity index (χ2n) is 7.09. The van der Waals surface area contributed by atoms with E-state index in [4.69, 9.17) is 0 Å². The fourth-order valence-electron chi connectivity index (χ4n) is 3.31. The lowest BCUT2D eigenvalue weighted by atomic mass is 10.1. The number of carbonyl (C=O) groups is 2. The van der Waals surface area contributed by atoms with Crippen molar-refractivity contribution >= 4 is 23.5 Å². The summed E-state index contributed by atoms with van der Waals surface area (Å²) < 4.78 is 2.32. The highest BCUT2D eigenvalue weighted by molar-refractivity contribution is 5.94. The molecule has 0 spiro atoms. The Labute approximate surface area is 168 Å². The molecule has 2 aromatic rings. The van der Waals surface area contributed by atoms with E-state index in [-0.39, 0.29) is 17.3 Å². The molecule has 1 aromatic heterocycles. The molecule has 8 heteroatoms. The molecule has 2 heterocycles. The van der Waals surface area contributed by atoms with Crippen molar-refractivity contribution in [1.29, 1.82) is 0 Å². The minimum absolute atomic E-state index is 0.0343. The van der Waals surface area contributed by atoms with Crippen LogP contribution in [0, 0.1) is 0 Å². The van der Waals surface area contributed by atoms with Crippen molar-refractivity contribution in [1.82, 2.24) is 14.0 Å². The maximum absolute atomic E-state index is 12.5. The first-order valence-corrected chi connectivity index (χ1v) is 9.37. The van der Waals surface area contributed by atoms with Crippen LogP contribution in [0.2, 0.25) is 0 Å². The molecule has 0 bridgehead atoms. The summed E-state index contributed by atoms with van der Waals surface area (Å²) in [5.74, 6) is -0.139. The molecule has 152 valence electrons. The first kappa shape index (κ1) is 20.3. The molecular formula is C21H24N4O4. The molecular weight excluding hydrogens is 372 g/mol. The van der Waals surface area contributed by atoms with Crippen LogP contribution in [0.1, 0.15) is 22.8 Å². The van der Waals surface area contributed by atoms with E-state index in [9.17, 15) is 19.2 Å². The van der Waals surface area contributed by atoms with Gasteiger partial charge in [-0.15, -0.1) is 0 Å². The highest BCUT2D eigenvalue weighted by atomic mass is 16.2. The van der Waals surface area contributed by atoms with Gasteiger partial charge in [0.2, 0.25) is 5.91 Å². The highest BCUT2D eigenvalue weighted by Gasteiger charge is 2.20. The second-order valence-corrected chi connectivity index (χ2v) is 7.09. The fraction of sp³-hybridized carbons (Fsp3) is 0.333. The average molecular weight is 396 g/mol. The van der Waals surface area contributed by atoms with Gasteiger partial charge in [0.15, 0.2) is 5.78 Å². The number of carbonyl (C=O) groups excluding carboxylic acids is 2. The molecule has 3 rings (SSSR count). The number of nitrogens with zero attached hydrogens (tertiary/aromatic N) is 4. The summed E-state index contributed by atoms with van der Waals surface area (Å²) >= 11 is 0. The summed E-state index contributed by atoms with van der Waals surface area (Å²) in [5, 5.41) is 0. The predicted molar refractivity (Wildman–Crippen MR) is 111 cm³/mol. The Bertz CT molecular complexity index is 1070. The summed E-state index contributed by atoms with van der Waals surface area (Å²) in [6.07, 6.45) is 4.26. The van der Waals surface area contributed by atoms with E-state index in [1.165, 1.54) is 36.9 Å². The summed E-state index contributed by atoms with van der Waals surface area (Å²) in [5.41, 5.74) is 1.14. The van der Waals surface area contributed by atoms with E-state index in [1.807, 2.05) is 24.3 Å². The number of Topliss-reactive ketones (excluding diaryl/α,β-unsaturated/α-hetero) is 1. The Morgan fingerprint density at radius 3 is 2.17 bits per heavy atom. The lowest BCUT2D eigenvalue weighted by Gasteiger charge is -2.35. The Kier molecular flexibility index (Phi) is 5.81. The number of rotatable bonds is 4. The van der Waals surface area contributed by atoms with Crippen LogP contribution < -0.4 is 16.1 Å². The zero-order valence-electron chi connectivity index (χ0n) is 16.8. The van der Waals surface area contributed by atoms with Gasteiger partial charge in [-0.05, 0) is 37.3 Å². The first-order valence-electron chi connectivity index (χ1n) is 9.37. The van der Waals surface area contributed by atoms with Gasteiger partial charge in [0.05, 0.1) is 5.56 Å². The van der Waals surface area contributed by atoms with Gasteiger partial charge in [-0.1, -0.05) is 0 Å². The number of hydrogen-bond donors (Lipinski definition) is 0. The van der Waals surface area contributed by atoms with Crippen molar-refractivity contribution in [2.24, 2.45) is 14.1 Å². The largest absolute Gasteiger partial charge is 0.368 e. The normalized spacial score (nSPS) is 14.4. The molecule has 1 fully saturated rings. The second kappa shape index (κ2) is 8.30. The van der Waals surface area contributed by atoms with Crippen molar-refractivity contribution in [3.63, 3.8) is 0 Å². The number of piperazine rings is 1. The third-order valence-electron chi connectivity index (χ3n) is 5.11. The lowest BCUT2D eigenvalue weighted by Crippen LogP contribution is -2.48. The molecule has 29 heavy (non-hydrogen) atoms. The summed E-state index contributed by atoms with van der Waals surface area (Å²) in [7, 11) is 2.97. The maximum Gasteiger partial charge on any atom is 0.330 e. The Hall–Kier alpha value is -3.42. The van der Waals surface area contributed by atoms with Crippen molar-refractivity contribution < 1.29 is 9.59 Å². The number of anilines is 1. The molecule has 8 nitrogen and oxygen atoms in total. The smallest absolute Gasteiger partial charge is 0.330 e. The molecule has 0 N–H and O–H groups in total. The van der Waals surface area contributed by atoms with Gasteiger partial charge in [-0.2, -0.15) is 0 Å². The van der Waals surface area contributed by atoms with E-state index in [0.29, 0.717) is 31.7 Å². The molecule has 1 aliphatic heterocycles. The third-order valence-corrected chi connectivity index (χ3v) is 5.11. The van der Waals surface area contributed by atoms with E-state index in [1.54, 1.807) is 11.9 Å². The zero-order chi connectivity index (χ0) is 21.1. The van der Waals surface area contributed by atoms with Crippen molar-refractivity contribution in [3.8, 4) is 0 Å². The van der Waals surface area contributed by atoms with Crippen LogP contribution in [0.15, 0.2) is 46.1 Å². The highest BCUT2D eigenvalue weighted by Crippen LogP contribution is 2.18. The summed E-state index contributed by atoms with van der Waals surface area (Å²) in [6, 6.07) is 7.46. The summed E-state index contributed by atoms with van der Waals surface area (Å²) in [4.78, 5) is 51.6. The number of ketones is 1. The number of benzene rings is 1. The van der Waals surface area contributed by atoms with Crippen LogP contribution in [0.5, 0.6) is 0 Å². The lowest BCUT2D eigenvalue weighted by molar-refractivity contribution is -0.126. The van der Waals surface area contributed by atoms with Crippen LogP contribution in [-0.4, -0.2) is 51.9 Å². The number of amides is 1. The minimum atomic E-state index is -0.434. The van der Waals surface area contributed by atoms with Crippen LogP contribution >= 0.6 is 0 Å². The third kappa shape index (κ3) is 4.37. The minimum Gasteiger partial charge on any atom is -0.368 e. The van der Waals surface area contributed by atoms with E-state index < -0.39 is 11.2 Å². The molecule has 1 saturated heterocycles. The van der Waals surface area contributed by atoms with E-state index >= 15 is 0 Å². The molecule has 1 aromatic carbocycles. The van der Waals surface area contributed by atoms with Crippen LogP contribution in [-0.2, 0) is 18.9 Å². The van der Waals surface area contributed by atoms with Gasteiger partial charge in [0, 0.05) is 63.8 Å². The van der Waals surface area contributed by atoms with Crippen molar-refractivity contribution in [2.45, 2.75) is 6.92 Å². The van der Waals surface area contributed by atoms with E-state index in [0.717, 1.165) is 10.3 Å². The molecule has 0 radical (unpaired) electrons. The van der Waals surface area contributed by atoms with Crippen LogP contribution in [0.4, 0.5) is 5.69 Å². The molecule has 0 aliphatic carbocycles. The molecule has 0 saturated carbocycles. The van der Waals surface area contributed by atoms with E-state index in [2.05, 4.69) is 4.90 Å². The predicted octanol–water partition coefficient (Wildman–Crippen LogP) is 0.649. The van der Waals surface area contributed by atoms with Gasteiger partial charge < -0.3 is 14.4 Å². The number of aromatic nitrogens is 2. The van der Waals surface area contributed by atoms with Crippen LogP contribution in [0.25, 0.3) is 6.08 Å². The first-order chi connectivity index (χ1) is 13.8. The van der Waals surface area contributed by atoms with Gasteiger partial charge >= 0.3 is 5.69 Å². The summed E-state index contributed by atoms with van der Waals surface area (Å²) in [6.45, 7) is 4.02. The number of hydrogen-bond acceptors (Lipinski definition) is 5. The Balaban J connectivity index is 1.63. The van der Waals surface area contributed by atoms with Gasteiger partial charge in [-0.25, -0.2) is 4.79 Å². The Morgan fingerprint density at radius 1 is 0.966 bits per heavy atom. The van der Waals surface area contributed by atoms with Gasteiger partial charge in [-0.3, -0.25) is 19.0 Å². The number of aryl methyl sites for hydroxylation is 1. The topological polar surface area (TPSA) is 84.6 Å². The van der Waals surface area contributed by atoms with Gasteiger partial charge in [0.1, 0.15) is 0 Å². The van der Waals surface area contributed by atoms with Gasteiger partial charge in [0.25, 0.3) is 5.56 Å². The molecule has 1 amide bonds. The fourth-order valence-corrected chi connectivity index (χ4v) is 3.31. The van der Waals surface area contributed by atoms with Crippen molar-refractivity contribution in [3.05, 3.63) is 68.5 Å². The average Bonchev–Trinajstić information content (AvgIpc) is 2.73. The molecule has 0 atom stereocenters. The zero-order valence-corrected chi connectivity index (χ0v) is 16.8.